The number of rotatable bonds is 5. The molecule has 1 aliphatic rings. The van der Waals surface area contributed by atoms with Crippen LogP contribution in [0, 0.1) is 5.92 Å². The van der Waals surface area contributed by atoms with Crippen molar-refractivity contribution in [3.63, 3.8) is 0 Å². The van der Waals surface area contributed by atoms with Crippen LogP contribution in [-0.4, -0.2) is 11.7 Å². The third-order valence-electron chi connectivity index (χ3n) is 3.84. The van der Waals surface area contributed by atoms with Crippen molar-refractivity contribution in [3.05, 3.63) is 29.8 Å². The van der Waals surface area contributed by atoms with Gasteiger partial charge in [0.2, 0.25) is 0 Å². The summed E-state index contributed by atoms with van der Waals surface area (Å²) in [7, 11) is 0. The van der Waals surface area contributed by atoms with E-state index in [1.54, 1.807) is 0 Å². The average Bonchev–Trinajstić information content (AvgIpc) is 2.40. The molecule has 1 fully saturated rings. The zero-order chi connectivity index (χ0) is 12.8. The number of hydrogen-bond acceptors (Lipinski definition) is 2. The van der Waals surface area contributed by atoms with Crippen molar-refractivity contribution in [3.8, 4) is 5.75 Å². The maximum atomic E-state index is 10.3. The minimum absolute atomic E-state index is 0.339. The highest BCUT2D eigenvalue weighted by Crippen LogP contribution is 2.32. The first-order valence-corrected chi connectivity index (χ1v) is 7.20. The van der Waals surface area contributed by atoms with E-state index in [2.05, 4.69) is 0 Å². The Balaban J connectivity index is 1.94. The van der Waals surface area contributed by atoms with Gasteiger partial charge >= 0.3 is 0 Å². The molecule has 0 radical (unpaired) electrons. The molecule has 0 bridgehead atoms. The molecule has 0 saturated heterocycles. The topological polar surface area (TPSA) is 29.5 Å². The molecular weight excluding hydrogens is 224 g/mol. The summed E-state index contributed by atoms with van der Waals surface area (Å²) in [6, 6.07) is 7.87. The first kappa shape index (κ1) is 13.4. The number of aliphatic hydroxyl groups excluding tert-OH is 1. The van der Waals surface area contributed by atoms with Crippen LogP contribution in [0.5, 0.6) is 5.75 Å². The Kier molecular flexibility index (Phi) is 5.06. The van der Waals surface area contributed by atoms with Gasteiger partial charge in [-0.25, -0.2) is 0 Å². The first-order chi connectivity index (χ1) is 8.79. The molecule has 100 valence electrons. The molecule has 0 aromatic heterocycles. The van der Waals surface area contributed by atoms with E-state index in [4.69, 9.17) is 4.74 Å². The molecule has 1 saturated carbocycles. The van der Waals surface area contributed by atoms with E-state index in [0.29, 0.717) is 12.5 Å². The molecule has 1 aromatic carbocycles. The van der Waals surface area contributed by atoms with Crippen LogP contribution in [0.15, 0.2) is 24.3 Å². The Morgan fingerprint density at radius 3 is 2.78 bits per heavy atom. The molecule has 2 rings (SSSR count). The average molecular weight is 248 g/mol. The summed E-state index contributed by atoms with van der Waals surface area (Å²) in [5.74, 6) is 1.56. The predicted molar refractivity (Wildman–Crippen MR) is 73.8 cm³/mol. The Morgan fingerprint density at radius 1 is 1.28 bits per heavy atom. The van der Waals surface area contributed by atoms with Crippen LogP contribution in [0.1, 0.15) is 57.1 Å². The maximum Gasteiger partial charge on any atom is 0.119 e. The van der Waals surface area contributed by atoms with Crippen molar-refractivity contribution < 1.29 is 9.84 Å². The summed E-state index contributed by atoms with van der Waals surface area (Å²) < 4.78 is 5.48. The summed E-state index contributed by atoms with van der Waals surface area (Å²) in [4.78, 5) is 0. The van der Waals surface area contributed by atoms with Crippen LogP contribution in [0.3, 0.4) is 0 Å². The standard InChI is InChI=1S/C16H24O2/c1-2-18-15-10-6-9-14(12-15)16(17)11-13-7-4-3-5-8-13/h6,9-10,12-13,16-17H,2-5,7-8,11H2,1H3. The van der Waals surface area contributed by atoms with Gasteiger partial charge < -0.3 is 9.84 Å². The van der Waals surface area contributed by atoms with Crippen molar-refractivity contribution in [2.24, 2.45) is 5.92 Å². The van der Waals surface area contributed by atoms with Crippen molar-refractivity contribution in [2.45, 2.75) is 51.6 Å². The summed E-state index contributed by atoms with van der Waals surface area (Å²) in [5, 5.41) is 10.3. The fourth-order valence-corrected chi connectivity index (χ4v) is 2.85. The van der Waals surface area contributed by atoms with Gasteiger partial charge in [-0.15, -0.1) is 0 Å². The molecule has 1 aliphatic carbocycles. The lowest BCUT2D eigenvalue weighted by molar-refractivity contribution is 0.131. The van der Waals surface area contributed by atoms with Gasteiger partial charge in [0.15, 0.2) is 0 Å². The van der Waals surface area contributed by atoms with Crippen molar-refractivity contribution in [2.75, 3.05) is 6.61 Å². The molecule has 2 nitrogen and oxygen atoms in total. The minimum Gasteiger partial charge on any atom is -0.494 e. The van der Waals surface area contributed by atoms with E-state index in [-0.39, 0.29) is 6.10 Å². The molecule has 0 spiro atoms. The van der Waals surface area contributed by atoms with Gasteiger partial charge in [-0.05, 0) is 37.0 Å². The van der Waals surface area contributed by atoms with Gasteiger partial charge in [-0.3, -0.25) is 0 Å². The molecule has 1 atom stereocenters. The Labute approximate surface area is 110 Å². The van der Waals surface area contributed by atoms with E-state index < -0.39 is 0 Å². The number of benzene rings is 1. The largest absolute Gasteiger partial charge is 0.494 e. The van der Waals surface area contributed by atoms with Crippen molar-refractivity contribution in [1.29, 1.82) is 0 Å². The van der Waals surface area contributed by atoms with E-state index in [9.17, 15) is 5.11 Å². The Bertz CT molecular complexity index is 356. The molecule has 1 aromatic rings. The highest BCUT2D eigenvalue weighted by atomic mass is 16.5. The second-order valence-electron chi connectivity index (χ2n) is 5.26. The fourth-order valence-electron chi connectivity index (χ4n) is 2.85. The molecule has 1 N–H and O–H groups in total. The SMILES string of the molecule is CCOc1cccc(C(O)CC2CCCCC2)c1. The quantitative estimate of drug-likeness (QED) is 0.850. The monoisotopic (exact) mass is 248 g/mol. The van der Waals surface area contributed by atoms with E-state index in [0.717, 1.165) is 17.7 Å². The highest BCUT2D eigenvalue weighted by molar-refractivity contribution is 5.29. The van der Waals surface area contributed by atoms with E-state index in [1.807, 2.05) is 31.2 Å². The zero-order valence-corrected chi connectivity index (χ0v) is 11.3. The normalized spacial score (nSPS) is 18.6. The number of ether oxygens (including phenoxy) is 1. The molecular formula is C16H24O2. The Hall–Kier alpha value is -1.02. The highest BCUT2D eigenvalue weighted by Gasteiger charge is 2.18. The third kappa shape index (κ3) is 3.74. The van der Waals surface area contributed by atoms with Crippen LogP contribution in [-0.2, 0) is 0 Å². The molecule has 18 heavy (non-hydrogen) atoms. The summed E-state index contributed by atoms with van der Waals surface area (Å²) >= 11 is 0. The maximum absolute atomic E-state index is 10.3. The van der Waals surface area contributed by atoms with Crippen molar-refractivity contribution in [1.82, 2.24) is 0 Å². The molecule has 0 heterocycles. The van der Waals surface area contributed by atoms with Crippen LogP contribution in [0.4, 0.5) is 0 Å². The fraction of sp³-hybridized carbons (Fsp3) is 0.625. The summed E-state index contributed by atoms with van der Waals surface area (Å²) in [6.45, 7) is 2.65. The van der Waals surface area contributed by atoms with Crippen LogP contribution in [0.2, 0.25) is 0 Å². The van der Waals surface area contributed by atoms with Gasteiger partial charge in [0.05, 0.1) is 12.7 Å². The zero-order valence-electron chi connectivity index (χ0n) is 11.3. The molecule has 2 heteroatoms. The summed E-state index contributed by atoms with van der Waals surface area (Å²) in [5.41, 5.74) is 0.992. The van der Waals surface area contributed by atoms with Crippen molar-refractivity contribution >= 4 is 0 Å². The second-order valence-corrected chi connectivity index (χ2v) is 5.26. The third-order valence-corrected chi connectivity index (χ3v) is 3.84. The molecule has 1 unspecified atom stereocenters. The van der Waals surface area contributed by atoms with Crippen LogP contribution in [0.25, 0.3) is 0 Å². The lowest BCUT2D eigenvalue weighted by Gasteiger charge is -2.24. The van der Waals surface area contributed by atoms with E-state index in [1.165, 1.54) is 32.1 Å². The molecule has 0 aliphatic heterocycles. The van der Waals surface area contributed by atoms with Crippen LogP contribution >= 0.6 is 0 Å². The number of aliphatic hydroxyl groups is 1. The van der Waals surface area contributed by atoms with Gasteiger partial charge in [-0.1, -0.05) is 44.2 Å². The Morgan fingerprint density at radius 2 is 2.06 bits per heavy atom. The summed E-state index contributed by atoms with van der Waals surface area (Å²) in [6.07, 6.45) is 7.15. The first-order valence-electron chi connectivity index (χ1n) is 7.20. The van der Waals surface area contributed by atoms with Gasteiger partial charge in [0.1, 0.15) is 5.75 Å². The smallest absolute Gasteiger partial charge is 0.119 e. The predicted octanol–water partition coefficient (Wildman–Crippen LogP) is 4.09. The lowest BCUT2D eigenvalue weighted by Crippen LogP contribution is -2.11. The van der Waals surface area contributed by atoms with Gasteiger partial charge in [0.25, 0.3) is 0 Å². The van der Waals surface area contributed by atoms with Gasteiger partial charge in [0, 0.05) is 0 Å². The van der Waals surface area contributed by atoms with E-state index >= 15 is 0 Å². The lowest BCUT2D eigenvalue weighted by atomic mass is 9.84. The van der Waals surface area contributed by atoms with Gasteiger partial charge in [-0.2, -0.15) is 0 Å². The minimum atomic E-state index is -0.339. The number of hydrogen-bond donors (Lipinski definition) is 1. The molecule has 0 amide bonds. The van der Waals surface area contributed by atoms with Crippen LogP contribution < -0.4 is 4.74 Å². The second kappa shape index (κ2) is 6.79.